The number of imidazole rings is 1. The van der Waals surface area contributed by atoms with Crippen LogP contribution < -0.4 is 10.5 Å². The third kappa shape index (κ3) is 6.46. The Labute approximate surface area is 202 Å². The number of nitriles is 1. The fraction of sp³-hybridized carbons (Fsp3) is 0.423. The number of hydrogen-bond donors (Lipinski definition) is 1. The average Bonchev–Trinajstić information content (AvgIpc) is 3.24. The van der Waals surface area contributed by atoms with E-state index in [1.54, 1.807) is 12.5 Å². The predicted octanol–water partition coefficient (Wildman–Crippen LogP) is 5.26. The zero-order chi connectivity index (χ0) is 24.9. The first-order valence-electron chi connectivity index (χ1n) is 11.5. The summed E-state index contributed by atoms with van der Waals surface area (Å²) in [6.45, 7) is 12.3. The third-order valence-corrected chi connectivity index (χ3v) is 11.0. The fourth-order valence-corrected chi connectivity index (χ4v) is 4.87. The molecule has 2 N–H and O–H groups in total. The molecule has 3 aromatic rings. The molecule has 0 bridgehead atoms. The van der Waals surface area contributed by atoms with Crippen LogP contribution in [0.25, 0.3) is 10.8 Å². The Morgan fingerprint density at radius 1 is 1.21 bits per heavy atom. The van der Waals surface area contributed by atoms with E-state index in [4.69, 9.17) is 20.2 Å². The maximum absolute atomic E-state index is 11.4. The summed E-state index contributed by atoms with van der Waals surface area (Å²) in [6.07, 6.45) is 4.89. The minimum atomic E-state index is -1.99. The molecule has 0 aliphatic carbocycles. The lowest BCUT2D eigenvalue weighted by atomic mass is 10.1. The number of nitrogens with two attached hydrogens (primary N) is 1. The number of rotatable bonds is 10. The van der Waals surface area contributed by atoms with Crippen molar-refractivity contribution in [1.82, 2.24) is 9.55 Å². The second-order valence-corrected chi connectivity index (χ2v) is 14.9. The van der Waals surface area contributed by atoms with E-state index in [-0.39, 0.29) is 16.8 Å². The maximum atomic E-state index is 11.4. The summed E-state index contributed by atoms with van der Waals surface area (Å²) in [6, 6.07) is 13.7. The Bertz CT molecular complexity index is 1190. The highest BCUT2D eigenvalue weighted by Crippen LogP contribution is 2.38. The van der Waals surface area contributed by atoms with Crippen molar-refractivity contribution in [1.29, 1.82) is 5.26 Å². The summed E-state index contributed by atoms with van der Waals surface area (Å²) in [5, 5.41) is 11.3. The molecule has 34 heavy (non-hydrogen) atoms. The van der Waals surface area contributed by atoms with Crippen molar-refractivity contribution >= 4 is 25.0 Å². The van der Waals surface area contributed by atoms with Crippen molar-refractivity contribution in [3.05, 3.63) is 60.2 Å². The SMILES string of the molecule is CC(C)(C)[Si](C)(C)O[C@@H](CCCOc1ccc2ccc(C#N)cc2c1)Cn1cnc(C(N)=O)c1. The Morgan fingerprint density at radius 3 is 2.59 bits per heavy atom. The highest BCUT2D eigenvalue weighted by Gasteiger charge is 2.39. The van der Waals surface area contributed by atoms with E-state index in [2.05, 4.69) is 44.9 Å². The summed E-state index contributed by atoms with van der Waals surface area (Å²) in [7, 11) is -1.99. The smallest absolute Gasteiger partial charge is 0.268 e. The van der Waals surface area contributed by atoms with Crippen LogP contribution in [0.15, 0.2) is 48.9 Å². The second kappa shape index (κ2) is 10.4. The number of carbonyl (C=O) groups is 1. The highest BCUT2D eigenvalue weighted by molar-refractivity contribution is 6.74. The van der Waals surface area contributed by atoms with E-state index in [0.29, 0.717) is 18.7 Å². The van der Waals surface area contributed by atoms with Gasteiger partial charge in [-0.3, -0.25) is 4.79 Å². The van der Waals surface area contributed by atoms with Crippen LogP contribution in [0.3, 0.4) is 0 Å². The lowest BCUT2D eigenvalue weighted by molar-refractivity contribution is 0.0995. The van der Waals surface area contributed by atoms with Gasteiger partial charge in [-0.1, -0.05) is 32.9 Å². The van der Waals surface area contributed by atoms with Crippen molar-refractivity contribution in [3.8, 4) is 11.8 Å². The van der Waals surface area contributed by atoms with Gasteiger partial charge in [-0.15, -0.1) is 0 Å². The monoisotopic (exact) mass is 478 g/mol. The number of hydrogen-bond acceptors (Lipinski definition) is 5. The molecule has 3 rings (SSSR count). The summed E-state index contributed by atoms with van der Waals surface area (Å²) in [4.78, 5) is 15.5. The summed E-state index contributed by atoms with van der Waals surface area (Å²) in [5.41, 5.74) is 6.24. The number of benzene rings is 2. The van der Waals surface area contributed by atoms with Crippen LogP contribution in [0, 0.1) is 11.3 Å². The number of carbonyl (C=O) groups excluding carboxylic acids is 1. The molecule has 0 radical (unpaired) electrons. The average molecular weight is 479 g/mol. The fourth-order valence-electron chi connectivity index (χ4n) is 3.49. The lowest BCUT2D eigenvalue weighted by Gasteiger charge is -2.39. The molecule has 8 heteroatoms. The van der Waals surface area contributed by atoms with E-state index < -0.39 is 14.2 Å². The van der Waals surface area contributed by atoms with Crippen molar-refractivity contribution in [3.63, 3.8) is 0 Å². The molecule has 1 amide bonds. The largest absolute Gasteiger partial charge is 0.494 e. The molecular formula is C26H34N4O3Si. The van der Waals surface area contributed by atoms with E-state index >= 15 is 0 Å². The number of amides is 1. The van der Waals surface area contributed by atoms with Crippen LogP contribution in [-0.4, -0.2) is 36.5 Å². The van der Waals surface area contributed by atoms with Gasteiger partial charge in [-0.05, 0) is 66.0 Å². The van der Waals surface area contributed by atoms with E-state index in [1.807, 2.05) is 41.0 Å². The van der Waals surface area contributed by atoms with Crippen molar-refractivity contribution in [2.75, 3.05) is 6.61 Å². The van der Waals surface area contributed by atoms with Crippen LogP contribution >= 0.6 is 0 Å². The first-order chi connectivity index (χ1) is 16.0. The van der Waals surface area contributed by atoms with E-state index in [0.717, 1.165) is 29.4 Å². The zero-order valence-corrected chi connectivity index (χ0v) is 21.7. The molecule has 0 saturated carbocycles. The molecule has 0 aliphatic heterocycles. The van der Waals surface area contributed by atoms with Crippen LogP contribution in [0.4, 0.5) is 0 Å². The highest BCUT2D eigenvalue weighted by atomic mass is 28.4. The van der Waals surface area contributed by atoms with Gasteiger partial charge in [0.1, 0.15) is 11.4 Å². The summed E-state index contributed by atoms with van der Waals surface area (Å²) >= 11 is 0. The second-order valence-electron chi connectivity index (χ2n) is 10.1. The number of fused-ring (bicyclic) bond motifs is 1. The number of aromatic nitrogens is 2. The van der Waals surface area contributed by atoms with Gasteiger partial charge >= 0.3 is 0 Å². The topological polar surface area (TPSA) is 103 Å². The van der Waals surface area contributed by atoms with Gasteiger partial charge in [0.25, 0.3) is 5.91 Å². The molecular weight excluding hydrogens is 444 g/mol. The van der Waals surface area contributed by atoms with Gasteiger partial charge in [0.05, 0.1) is 30.7 Å². The Kier molecular flexibility index (Phi) is 7.80. The third-order valence-electron chi connectivity index (χ3n) is 6.45. The van der Waals surface area contributed by atoms with Crippen molar-refractivity contribution in [2.24, 2.45) is 5.73 Å². The molecule has 1 heterocycles. The lowest BCUT2D eigenvalue weighted by Crippen LogP contribution is -2.45. The van der Waals surface area contributed by atoms with Gasteiger partial charge in [-0.25, -0.2) is 4.98 Å². The zero-order valence-electron chi connectivity index (χ0n) is 20.7. The number of nitrogens with zero attached hydrogens (tertiary/aromatic N) is 3. The molecule has 0 fully saturated rings. The van der Waals surface area contributed by atoms with Crippen LogP contribution in [0.5, 0.6) is 5.75 Å². The predicted molar refractivity (Wildman–Crippen MR) is 136 cm³/mol. The van der Waals surface area contributed by atoms with Crippen LogP contribution in [-0.2, 0) is 11.0 Å². The number of ether oxygens (including phenoxy) is 1. The normalized spacial score (nSPS) is 12.9. The molecule has 180 valence electrons. The van der Waals surface area contributed by atoms with Gasteiger partial charge in [0.2, 0.25) is 0 Å². The summed E-state index contributed by atoms with van der Waals surface area (Å²) < 4.78 is 14.6. The Balaban J connectivity index is 1.64. The molecule has 0 unspecified atom stereocenters. The van der Waals surface area contributed by atoms with Gasteiger partial charge in [0.15, 0.2) is 8.32 Å². The maximum Gasteiger partial charge on any atom is 0.268 e. The molecule has 0 aliphatic rings. The standard InChI is InChI=1S/C26H34N4O3Si/c1-26(2,3)34(4,5)33-23(16-30-17-24(25(28)31)29-18-30)7-6-12-32-22-11-10-20-9-8-19(15-27)13-21(20)14-22/h8-11,13-14,17-18,23H,6-7,12,16H2,1-5H3,(H2,28,31)/t23-/m0/s1. The molecule has 0 spiro atoms. The molecule has 7 nitrogen and oxygen atoms in total. The van der Waals surface area contributed by atoms with E-state index in [1.165, 1.54) is 0 Å². The van der Waals surface area contributed by atoms with Gasteiger partial charge in [0, 0.05) is 12.7 Å². The Hall–Kier alpha value is -3.15. The van der Waals surface area contributed by atoms with Crippen LogP contribution in [0.2, 0.25) is 18.1 Å². The summed E-state index contributed by atoms with van der Waals surface area (Å²) in [5.74, 6) is 0.247. The molecule has 2 aromatic carbocycles. The first-order valence-corrected chi connectivity index (χ1v) is 14.5. The minimum Gasteiger partial charge on any atom is -0.494 e. The number of primary amides is 1. The van der Waals surface area contributed by atoms with Crippen molar-refractivity contribution in [2.45, 2.75) is 64.4 Å². The molecule has 1 atom stereocenters. The van der Waals surface area contributed by atoms with Gasteiger partial charge in [-0.2, -0.15) is 5.26 Å². The molecule has 1 aromatic heterocycles. The first kappa shape index (κ1) is 25.5. The molecule has 0 saturated heterocycles. The Morgan fingerprint density at radius 2 is 1.94 bits per heavy atom. The quantitative estimate of drug-likeness (QED) is 0.316. The van der Waals surface area contributed by atoms with Gasteiger partial charge < -0.3 is 19.5 Å². The van der Waals surface area contributed by atoms with Crippen LogP contribution in [0.1, 0.15) is 49.7 Å². The minimum absolute atomic E-state index is 0.0331. The van der Waals surface area contributed by atoms with Crippen molar-refractivity contribution < 1.29 is 14.0 Å². The van der Waals surface area contributed by atoms with E-state index in [9.17, 15) is 4.79 Å².